The summed E-state index contributed by atoms with van der Waals surface area (Å²) in [6, 6.07) is 0.397. The van der Waals surface area contributed by atoms with Crippen LogP contribution in [0.15, 0.2) is 0 Å². The molecule has 1 fully saturated rings. The Bertz CT molecular complexity index is 260. The maximum Gasteiger partial charge on any atom is 0.241 e. The standard InChI is InChI=1S/C14H28N2OS/c1-5-8-12-14(17)16(11(4)10-18-7-3)13(15-12)9-6-2/h11-13,15H,5-10H2,1-4H3. The van der Waals surface area contributed by atoms with Crippen LogP contribution in [-0.4, -0.2) is 40.6 Å². The molecule has 18 heavy (non-hydrogen) atoms. The van der Waals surface area contributed by atoms with Gasteiger partial charge < -0.3 is 4.90 Å². The van der Waals surface area contributed by atoms with E-state index in [1.54, 1.807) is 0 Å². The molecule has 0 aromatic heterocycles. The molecule has 1 N–H and O–H groups in total. The molecule has 3 unspecified atom stereocenters. The van der Waals surface area contributed by atoms with Crippen LogP contribution in [0.1, 0.15) is 53.4 Å². The summed E-state index contributed by atoms with van der Waals surface area (Å²) in [5, 5.41) is 3.52. The smallest absolute Gasteiger partial charge is 0.241 e. The van der Waals surface area contributed by atoms with E-state index in [4.69, 9.17) is 0 Å². The third-order valence-electron chi connectivity index (χ3n) is 3.46. The molecule has 1 rings (SSSR count). The Morgan fingerprint density at radius 1 is 1.28 bits per heavy atom. The van der Waals surface area contributed by atoms with Crippen LogP contribution >= 0.6 is 11.8 Å². The highest BCUT2D eigenvalue weighted by molar-refractivity contribution is 7.99. The van der Waals surface area contributed by atoms with E-state index in [-0.39, 0.29) is 12.2 Å². The Hall–Kier alpha value is -0.220. The molecule has 0 saturated carbocycles. The van der Waals surface area contributed by atoms with Crippen LogP contribution < -0.4 is 5.32 Å². The van der Waals surface area contributed by atoms with Gasteiger partial charge in [0, 0.05) is 11.8 Å². The van der Waals surface area contributed by atoms with E-state index in [0.717, 1.165) is 37.2 Å². The van der Waals surface area contributed by atoms with Crippen molar-refractivity contribution in [2.24, 2.45) is 0 Å². The molecule has 3 atom stereocenters. The van der Waals surface area contributed by atoms with Gasteiger partial charge in [0.2, 0.25) is 5.91 Å². The van der Waals surface area contributed by atoms with Crippen molar-refractivity contribution in [2.45, 2.75) is 71.6 Å². The average Bonchev–Trinajstić information content (AvgIpc) is 2.64. The molecule has 1 aliphatic rings. The molecule has 1 aliphatic heterocycles. The summed E-state index contributed by atoms with van der Waals surface area (Å²) in [5.74, 6) is 2.49. The molecule has 0 radical (unpaired) electrons. The second-order valence-corrected chi connectivity index (χ2v) is 6.39. The minimum absolute atomic E-state index is 0.0561. The third kappa shape index (κ3) is 3.89. The molecule has 0 bridgehead atoms. The summed E-state index contributed by atoms with van der Waals surface area (Å²) < 4.78 is 0. The topological polar surface area (TPSA) is 32.3 Å². The number of hydrogen-bond acceptors (Lipinski definition) is 3. The van der Waals surface area contributed by atoms with Crippen LogP contribution in [0, 0.1) is 0 Å². The lowest BCUT2D eigenvalue weighted by atomic mass is 10.1. The van der Waals surface area contributed by atoms with Crippen LogP contribution in [0.4, 0.5) is 0 Å². The largest absolute Gasteiger partial charge is 0.322 e. The van der Waals surface area contributed by atoms with E-state index in [9.17, 15) is 4.79 Å². The molecule has 4 heteroatoms. The first-order valence-corrected chi connectivity index (χ1v) is 8.47. The zero-order valence-corrected chi connectivity index (χ0v) is 13.1. The lowest BCUT2D eigenvalue weighted by Crippen LogP contribution is -2.44. The van der Waals surface area contributed by atoms with E-state index >= 15 is 0 Å². The van der Waals surface area contributed by atoms with Crippen molar-refractivity contribution in [2.75, 3.05) is 11.5 Å². The van der Waals surface area contributed by atoms with Crippen LogP contribution in [0.5, 0.6) is 0 Å². The van der Waals surface area contributed by atoms with Gasteiger partial charge in [0.1, 0.15) is 0 Å². The van der Waals surface area contributed by atoms with Crippen LogP contribution in [0.25, 0.3) is 0 Å². The van der Waals surface area contributed by atoms with Crippen LogP contribution in [-0.2, 0) is 4.79 Å². The van der Waals surface area contributed by atoms with Crippen LogP contribution in [0.3, 0.4) is 0 Å². The van der Waals surface area contributed by atoms with Crippen molar-refractivity contribution in [3.05, 3.63) is 0 Å². The molecule has 1 heterocycles. The van der Waals surface area contributed by atoms with Gasteiger partial charge in [-0.05, 0) is 25.5 Å². The minimum atomic E-state index is 0.0561. The molecule has 0 aliphatic carbocycles. The molecule has 1 amide bonds. The van der Waals surface area contributed by atoms with Crippen molar-refractivity contribution in [3.8, 4) is 0 Å². The number of nitrogens with zero attached hydrogens (tertiary/aromatic N) is 1. The fraction of sp³-hybridized carbons (Fsp3) is 0.929. The monoisotopic (exact) mass is 272 g/mol. The third-order valence-corrected chi connectivity index (χ3v) is 4.59. The van der Waals surface area contributed by atoms with Gasteiger partial charge in [0.15, 0.2) is 0 Å². The van der Waals surface area contributed by atoms with Crippen LogP contribution in [0.2, 0.25) is 0 Å². The quantitative estimate of drug-likeness (QED) is 0.737. The van der Waals surface area contributed by atoms with E-state index in [1.807, 2.05) is 11.8 Å². The molecule has 0 aromatic carbocycles. The molecular formula is C14H28N2OS. The molecule has 1 saturated heterocycles. The van der Waals surface area contributed by atoms with Crippen molar-refractivity contribution in [1.29, 1.82) is 0 Å². The van der Waals surface area contributed by atoms with Gasteiger partial charge in [-0.15, -0.1) is 0 Å². The Kier molecular flexibility index (Phi) is 7.08. The molecule has 106 valence electrons. The number of carbonyl (C=O) groups is 1. The highest BCUT2D eigenvalue weighted by Gasteiger charge is 2.39. The second-order valence-electron chi connectivity index (χ2n) is 5.07. The maximum absolute atomic E-state index is 12.4. The van der Waals surface area contributed by atoms with E-state index < -0.39 is 0 Å². The lowest BCUT2D eigenvalue weighted by molar-refractivity contribution is -0.131. The SMILES string of the molecule is CCCC1NC(CCC)N(C(C)CSCC)C1=O. The van der Waals surface area contributed by atoms with Gasteiger partial charge in [-0.3, -0.25) is 10.1 Å². The van der Waals surface area contributed by atoms with Gasteiger partial charge in [-0.2, -0.15) is 11.8 Å². The number of carbonyl (C=O) groups excluding carboxylic acids is 1. The molecular weight excluding hydrogens is 244 g/mol. The Balaban J connectivity index is 2.67. The fourth-order valence-electron chi connectivity index (χ4n) is 2.60. The summed E-state index contributed by atoms with van der Waals surface area (Å²) in [7, 11) is 0. The minimum Gasteiger partial charge on any atom is -0.322 e. The number of amides is 1. The van der Waals surface area contributed by atoms with Gasteiger partial charge in [-0.25, -0.2) is 0 Å². The van der Waals surface area contributed by atoms with Gasteiger partial charge in [0.25, 0.3) is 0 Å². The summed E-state index contributed by atoms with van der Waals surface area (Å²) >= 11 is 1.92. The van der Waals surface area contributed by atoms with E-state index in [0.29, 0.717) is 11.9 Å². The number of rotatable bonds is 8. The first-order chi connectivity index (χ1) is 8.65. The van der Waals surface area contributed by atoms with Crippen molar-refractivity contribution in [1.82, 2.24) is 10.2 Å². The number of thioether (sulfide) groups is 1. The molecule has 0 aromatic rings. The zero-order chi connectivity index (χ0) is 13.5. The second kappa shape index (κ2) is 8.05. The first kappa shape index (κ1) is 15.8. The predicted octanol–water partition coefficient (Wildman–Crippen LogP) is 2.85. The summed E-state index contributed by atoms with van der Waals surface area (Å²) in [6.07, 6.45) is 4.46. The maximum atomic E-state index is 12.4. The van der Waals surface area contributed by atoms with Crippen molar-refractivity contribution < 1.29 is 4.79 Å². The Morgan fingerprint density at radius 3 is 2.50 bits per heavy atom. The van der Waals surface area contributed by atoms with E-state index in [1.165, 1.54) is 0 Å². The highest BCUT2D eigenvalue weighted by atomic mass is 32.2. The highest BCUT2D eigenvalue weighted by Crippen LogP contribution is 2.22. The molecule has 3 nitrogen and oxygen atoms in total. The summed E-state index contributed by atoms with van der Waals surface area (Å²) in [4.78, 5) is 14.5. The number of hydrogen-bond donors (Lipinski definition) is 1. The summed E-state index contributed by atoms with van der Waals surface area (Å²) in [5.41, 5.74) is 0. The zero-order valence-electron chi connectivity index (χ0n) is 12.2. The van der Waals surface area contributed by atoms with Crippen molar-refractivity contribution >= 4 is 17.7 Å². The predicted molar refractivity (Wildman–Crippen MR) is 79.8 cm³/mol. The number of nitrogens with one attached hydrogen (secondary N) is 1. The average molecular weight is 272 g/mol. The first-order valence-electron chi connectivity index (χ1n) is 7.31. The Morgan fingerprint density at radius 2 is 1.94 bits per heavy atom. The normalized spacial score (nSPS) is 25.8. The van der Waals surface area contributed by atoms with Gasteiger partial charge in [-0.1, -0.05) is 33.6 Å². The lowest BCUT2D eigenvalue weighted by Gasteiger charge is -2.30. The van der Waals surface area contributed by atoms with Crippen molar-refractivity contribution in [3.63, 3.8) is 0 Å². The van der Waals surface area contributed by atoms with E-state index in [2.05, 4.69) is 37.9 Å². The van der Waals surface area contributed by atoms with Gasteiger partial charge >= 0.3 is 0 Å². The fourth-order valence-corrected chi connectivity index (χ4v) is 3.34. The van der Waals surface area contributed by atoms with Gasteiger partial charge in [0.05, 0.1) is 12.2 Å². The Labute approximate surface area is 116 Å². The molecule has 0 spiro atoms. The summed E-state index contributed by atoms with van der Waals surface area (Å²) in [6.45, 7) is 8.68.